The summed E-state index contributed by atoms with van der Waals surface area (Å²) in [4.78, 5) is 34.0. The van der Waals surface area contributed by atoms with Gasteiger partial charge in [-0.15, -0.1) is 0 Å². The zero-order valence-electron chi connectivity index (χ0n) is 37.4. The Labute approximate surface area is 360 Å². The Hall–Kier alpha value is -2.55. The third-order valence-corrected chi connectivity index (χ3v) is 10.6. The van der Waals surface area contributed by atoms with Crippen molar-refractivity contribution in [2.45, 2.75) is 200 Å². The van der Waals surface area contributed by atoms with Gasteiger partial charge in [-0.05, 0) is 64.2 Å². The molecule has 0 radical (unpaired) electrons. The quantitative estimate of drug-likeness (QED) is 0.0239. The van der Waals surface area contributed by atoms with Crippen LogP contribution in [0.25, 0.3) is 0 Å². The first-order valence-electron chi connectivity index (χ1n) is 23.4. The summed E-state index contributed by atoms with van der Waals surface area (Å²) in [5, 5.41) is 12.7. The average Bonchev–Trinajstić information content (AvgIpc) is 3.22. The van der Waals surface area contributed by atoms with Crippen LogP contribution in [0, 0.1) is 0 Å². The number of amides is 1. The smallest absolute Gasteiger partial charge is 0.463 e. The highest BCUT2D eigenvalue weighted by atomic mass is 31.2. The van der Waals surface area contributed by atoms with E-state index in [0.29, 0.717) is 12.8 Å². The van der Waals surface area contributed by atoms with Crippen LogP contribution in [0.1, 0.15) is 194 Å². The molecular weight excluding hydrogens is 762 g/mol. The second-order valence-corrected chi connectivity index (χ2v) is 16.8. The third kappa shape index (κ3) is 46.4. The minimum Gasteiger partial charge on any atom is -0.463 e. The van der Waals surface area contributed by atoms with E-state index < -0.39 is 26.5 Å². The van der Waals surface area contributed by atoms with Gasteiger partial charge in [0, 0.05) is 19.4 Å². The monoisotopic (exact) mass is 848 g/mol. The van der Waals surface area contributed by atoms with Gasteiger partial charge < -0.3 is 20.1 Å². The average molecular weight is 848 g/mol. The Kier molecular flexibility index (Phi) is 43.0. The van der Waals surface area contributed by atoms with Crippen LogP contribution < -0.4 is 5.32 Å². The van der Waals surface area contributed by atoms with Crippen LogP contribution in [-0.2, 0) is 27.9 Å². The van der Waals surface area contributed by atoms with Crippen LogP contribution in [-0.4, -0.2) is 54.3 Å². The number of hydrogen-bond donors (Lipinski definition) is 3. The summed E-state index contributed by atoms with van der Waals surface area (Å²) < 4.78 is 26.9. The van der Waals surface area contributed by atoms with E-state index in [0.717, 1.165) is 83.5 Å². The molecule has 0 saturated carbocycles. The van der Waals surface area contributed by atoms with Gasteiger partial charge in [0.05, 0.1) is 13.2 Å². The molecule has 10 heteroatoms. The summed E-state index contributed by atoms with van der Waals surface area (Å²) in [6, 6.07) is 0. The second-order valence-electron chi connectivity index (χ2n) is 15.4. The molecule has 0 aromatic rings. The number of aliphatic hydroxyl groups is 1. The number of carbonyl (C=O) groups excluding carboxylic acids is 2. The van der Waals surface area contributed by atoms with E-state index in [-0.39, 0.29) is 32.1 Å². The predicted octanol–water partition coefficient (Wildman–Crippen LogP) is 13.4. The number of rotatable bonds is 43. The van der Waals surface area contributed by atoms with Gasteiger partial charge in [0.25, 0.3) is 0 Å². The standard InChI is InChI=1S/C49H86NO8P/c1-3-5-7-9-11-13-15-17-19-20-21-22-23-24-25-26-28-30-32-34-36-38-40-42-49(53)56-45-47(51)46-58-59(54,55)57-44-43-50-48(52)41-39-37-35-33-31-29-27-18-16-14-12-10-8-6-4-2/h5,7,11,13,17,19,21-22,24-25,28,30,47,51H,3-4,6,8-10,12,14-16,18,20,23,26-27,29,31-46H2,1-2H3,(H,50,52)(H,54,55)/b7-5-,13-11-,19-17-,22-21-,25-24-,30-28-. The Morgan fingerprint density at radius 2 is 0.966 bits per heavy atom. The van der Waals surface area contributed by atoms with Crippen molar-refractivity contribution < 1.29 is 37.9 Å². The molecule has 0 spiro atoms. The van der Waals surface area contributed by atoms with Crippen molar-refractivity contribution in [2.24, 2.45) is 0 Å². The van der Waals surface area contributed by atoms with Crippen LogP contribution in [0.4, 0.5) is 0 Å². The number of ether oxygens (including phenoxy) is 1. The number of phosphoric ester groups is 1. The van der Waals surface area contributed by atoms with E-state index in [1.54, 1.807) is 0 Å². The van der Waals surface area contributed by atoms with Gasteiger partial charge in [-0.25, -0.2) is 4.57 Å². The van der Waals surface area contributed by atoms with E-state index in [2.05, 4.69) is 92.1 Å². The van der Waals surface area contributed by atoms with Crippen molar-refractivity contribution in [3.8, 4) is 0 Å². The zero-order chi connectivity index (χ0) is 43.2. The summed E-state index contributed by atoms with van der Waals surface area (Å²) in [5.74, 6) is -0.542. The van der Waals surface area contributed by atoms with Gasteiger partial charge in [0.1, 0.15) is 12.7 Å². The van der Waals surface area contributed by atoms with Gasteiger partial charge >= 0.3 is 13.8 Å². The van der Waals surface area contributed by atoms with Crippen molar-refractivity contribution in [1.29, 1.82) is 0 Å². The lowest BCUT2D eigenvalue weighted by Gasteiger charge is -2.15. The summed E-state index contributed by atoms with van der Waals surface area (Å²) in [7, 11) is -4.43. The van der Waals surface area contributed by atoms with Gasteiger partial charge in [0.15, 0.2) is 0 Å². The van der Waals surface area contributed by atoms with Gasteiger partial charge in [0.2, 0.25) is 5.91 Å². The number of aliphatic hydroxyl groups excluding tert-OH is 1. The largest absolute Gasteiger partial charge is 0.472 e. The molecule has 0 saturated heterocycles. The highest BCUT2D eigenvalue weighted by molar-refractivity contribution is 7.47. The first kappa shape index (κ1) is 56.5. The number of allylic oxidation sites excluding steroid dienone is 12. The highest BCUT2D eigenvalue weighted by Crippen LogP contribution is 2.42. The molecule has 0 aromatic heterocycles. The van der Waals surface area contributed by atoms with Gasteiger partial charge in [-0.2, -0.15) is 0 Å². The lowest BCUT2D eigenvalue weighted by Crippen LogP contribution is -2.27. The summed E-state index contributed by atoms with van der Waals surface area (Å²) in [6.45, 7) is 3.42. The van der Waals surface area contributed by atoms with Gasteiger partial charge in [-0.3, -0.25) is 18.6 Å². The van der Waals surface area contributed by atoms with Crippen LogP contribution in [0.3, 0.4) is 0 Å². The molecular formula is C49H86NO8P. The lowest BCUT2D eigenvalue weighted by atomic mass is 10.0. The minimum atomic E-state index is -4.43. The molecule has 0 aliphatic carbocycles. The number of nitrogens with one attached hydrogen (secondary N) is 1. The van der Waals surface area contributed by atoms with Crippen molar-refractivity contribution >= 4 is 19.7 Å². The fourth-order valence-corrected chi connectivity index (χ4v) is 6.91. The number of phosphoric acid groups is 1. The van der Waals surface area contributed by atoms with Crippen molar-refractivity contribution in [1.82, 2.24) is 5.32 Å². The molecule has 2 atom stereocenters. The van der Waals surface area contributed by atoms with Crippen molar-refractivity contribution in [2.75, 3.05) is 26.4 Å². The van der Waals surface area contributed by atoms with Crippen molar-refractivity contribution in [3.63, 3.8) is 0 Å². The highest BCUT2D eigenvalue weighted by Gasteiger charge is 2.23. The minimum absolute atomic E-state index is 0.0775. The number of carbonyl (C=O) groups is 2. The van der Waals surface area contributed by atoms with E-state index in [4.69, 9.17) is 13.8 Å². The maximum atomic E-state index is 12.1. The number of unbranched alkanes of at least 4 members (excludes halogenated alkanes) is 18. The summed E-state index contributed by atoms with van der Waals surface area (Å²) in [6.07, 6.45) is 55.4. The van der Waals surface area contributed by atoms with E-state index in [1.165, 1.54) is 77.0 Å². The topological polar surface area (TPSA) is 131 Å². The van der Waals surface area contributed by atoms with E-state index in [1.807, 2.05) is 0 Å². The number of esters is 1. The third-order valence-electron chi connectivity index (χ3n) is 9.65. The fraction of sp³-hybridized carbons (Fsp3) is 0.714. The van der Waals surface area contributed by atoms with Crippen LogP contribution in [0.2, 0.25) is 0 Å². The Morgan fingerprint density at radius 1 is 0.542 bits per heavy atom. The van der Waals surface area contributed by atoms with E-state index >= 15 is 0 Å². The summed E-state index contributed by atoms with van der Waals surface area (Å²) >= 11 is 0. The maximum absolute atomic E-state index is 12.1. The first-order chi connectivity index (χ1) is 28.8. The molecule has 9 nitrogen and oxygen atoms in total. The van der Waals surface area contributed by atoms with Crippen molar-refractivity contribution in [3.05, 3.63) is 72.9 Å². The SMILES string of the molecule is CC/C=C\C/C=C\C/C=C\C/C=C\C/C=C\C/C=C\CCCCCCC(=O)OCC(O)COP(=O)(O)OCCNC(=O)CCCCCCCCCCCCCCCCC. The molecule has 2 unspecified atom stereocenters. The molecule has 0 fully saturated rings. The molecule has 59 heavy (non-hydrogen) atoms. The summed E-state index contributed by atoms with van der Waals surface area (Å²) in [5.41, 5.74) is 0. The molecule has 0 aromatic carbocycles. The van der Waals surface area contributed by atoms with Gasteiger partial charge in [-0.1, -0.05) is 189 Å². The predicted molar refractivity (Wildman–Crippen MR) is 247 cm³/mol. The first-order valence-corrected chi connectivity index (χ1v) is 24.9. The molecule has 0 aliphatic rings. The van der Waals surface area contributed by atoms with E-state index in [9.17, 15) is 24.2 Å². The Morgan fingerprint density at radius 3 is 1.46 bits per heavy atom. The Balaban J connectivity index is 3.66. The number of hydrogen-bond acceptors (Lipinski definition) is 7. The zero-order valence-corrected chi connectivity index (χ0v) is 38.3. The molecule has 0 rings (SSSR count). The molecule has 0 aliphatic heterocycles. The van der Waals surface area contributed by atoms with Crippen LogP contribution >= 0.6 is 7.82 Å². The molecule has 0 bridgehead atoms. The fourth-order valence-electron chi connectivity index (χ4n) is 6.15. The second kappa shape index (κ2) is 45.0. The molecule has 3 N–H and O–H groups in total. The molecule has 0 heterocycles. The Bertz CT molecular complexity index is 1190. The van der Waals surface area contributed by atoms with Crippen LogP contribution in [0.5, 0.6) is 0 Å². The molecule has 1 amide bonds. The normalized spacial score (nSPS) is 13.9. The maximum Gasteiger partial charge on any atom is 0.472 e. The lowest BCUT2D eigenvalue weighted by molar-refractivity contribution is -0.147. The molecule has 340 valence electrons. The van der Waals surface area contributed by atoms with Crippen LogP contribution in [0.15, 0.2) is 72.9 Å².